The number of anilines is 1. The minimum absolute atomic E-state index is 0.0118. The Morgan fingerprint density at radius 3 is 2.40 bits per heavy atom. The second kappa shape index (κ2) is 15.1. The van der Waals surface area contributed by atoms with E-state index in [2.05, 4.69) is 13.8 Å². The van der Waals surface area contributed by atoms with Gasteiger partial charge in [0.1, 0.15) is 11.6 Å². The van der Waals surface area contributed by atoms with Crippen molar-refractivity contribution in [2.75, 3.05) is 39.0 Å². The van der Waals surface area contributed by atoms with Crippen LogP contribution in [0.4, 0.5) is 10.1 Å². The number of nitrogens with zero attached hydrogens (tertiary/aromatic N) is 2. The van der Waals surface area contributed by atoms with Crippen LogP contribution in [0.15, 0.2) is 54.6 Å². The van der Waals surface area contributed by atoms with E-state index in [1.807, 2.05) is 46.2 Å². The Labute approximate surface area is 276 Å². The largest absolute Gasteiger partial charge is 0.496 e. The van der Waals surface area contributed by atoms with E-state index < -0.39 is 23.8 Å². The summed E-state index contributed by atoms with van der Waals surface area (Å²) in [5, 5.41) is 10.8. The number of carboxylic acid groups (broad SMARTS) is 1. The number of hydrogen-bond donors (Lipinski definition) is 1. The van der Waals surface area contributed by atoms with Gasteiger partial charge in [-0.25, -0.2) is 4.39 Å². The summed E-state index contributed by atoms with van der Waals surface area (Å²) < 4.78 is 36.9. The molecule has 1 N–H and O–H groups in total. The van der Waals surface area contributed by atoms with Crippen LogP contribution in [0, 0.1) is 18.7 Å². The molecule has 1 fully saturated rings. The first-order chi connectivity index (χ1) is 22.7. The Bertz CT molecular complexity index is 1570. The Kier molecular flexibility index (Phi) is 10.9. The highest BCUT2D eigenvalue weighted by atomic mass is 19.1. The predicted octanol–water partition coefficient (Wildman–Crippen LogP) is 6.59. The van der Waals surface area contributed by atoms with Crippen molar-refractivity contribution in [3.05, 3.63) is 77.1 Å². The third kappa shape index (κ3) is 7.17. The van der Waals surface area contributed by atoms with Crippen LogP contribution in [0.2, 0.25) is 0 Å². The highest BCUT2D eigenvalue weighted by Gasteiger charge is 2.48. The third-order valence-corrected chi connectivity index (χ3v) is 9.40. The van der Waals surface area contributed by atoms with E-state index in [9.17, 15) is 19.1 Å². The van der Waals surface area contributed by atoms with E-state index in [0.29, 0.717) is 47.2 Å². The molecule has 2 aliphatic heterocycles. The smallest absolute Gasteiger partial charge is 0.308 e. The first-order valence-corrected chi connectivity index (χ1v) is 16.3. The molecule has 1 amide bonds. The zero-order valence-corrected chi connectivity index (χ0v) is 27.8. The minimum atomic E-state index is -0.956. The number of likely N-dealkylation sites (tertiary alicyclic amines) is 1. The van der Waals surface area contributed by atoms with E-state index in [0.717, 1.165) is 36.8 Å². The molecule has 3 atom stereocenters. The molecular formula is C37H45FN2O7. The normalized spacial score (nSPS) is 18.8. The number of halogens is 1. The number of carbonyl (C=O) groups excluding carboxylic acids is 1. The molecule has 3 aromatic rings. The Balaban J connectivity index is 1.57. The van der Waals surface area contributed by atoms with Gasteiger partial charge in [0.15, 0.2) is 11.5 Å². The van der Waals surface area contributed by atoms with Gasteiger partial charge in [0.05, 0.1) is 26.7 Å². The van der Waals surface area contributed by atoms with Gasteiger partial charge in [0.25, 0.3) is 0 Å². The summed E-state index contributed by atoms with van der Waals surface area (Å²) in [6.07, 6.45) is 3.69. The predicted molar refractivity (Wildman–Crippen MR) is 177 cm³/mol. The molecular weight excluding hydrogens is 603 g/mol. The lowest BCUT2D eigenvalue weighted by atomic mass is 9.83. The number of para-hydroxylation sites is 1. The van der Waals surface area contributed by atoms with E-state index in [-0.39, 0.29) is 31.1 Å². The highest BCUT2D eigenvalue weighted by molar-refractivity contribution is 5.95. The maximum absolute atomic E-state index is 14.5. The number of amides is 1. The topological polar surface area (TPSA) is 97.8 Å². The summed E-state index contributed by atoms with van der Waals surface area (Å²) >= 11 is 0. The monoisotopic (exact) mass is 648 g/mol. The number of carbonyl (C=O) groups is 2. The van der Waals surface area contributed by atoms with Crippen molar-refractivity contribution < 1.29 is 38.0 Å². The second-order valence-corrected chi connectivity index (χ2v) is 12.4. The first-order valence-electron chi connectivity index (χ1n) is 16.3. The summed E-state index contributed by atoms with van der Waals surface area (Å²) in [7, 11) is 3.13. The number of aryl methyl sites for hydroxylation is 1. The number of hydrogen-bond acceptors (Lipinski definition) is 7. The zero-order chi connectivity index (χ0) is 33.7. The number of aliphatic carboxylic acids is 1. The van der Waals surface area contributed by atoms with Crippen molar-refractivity contribution in [2.45, 2.75) is 70.9 Å². The van der Waals surface area contributed by atoms with E-state index in [4.69, 9.17) is 18.9 Å². The van der Waals surface area contributed by atoms with Crippen LogP contribution in [-0.4, -0.2) is 68.1 Å². The van der Waals surface area contributed by atoms with Gasteiger partial charge in [0, 0.05) is 30.2 Å². The van der Waals surface area contributed by atoms with E-state index >= 15 is 0 Å². The molecule has 0 radical (unpaired) electrons. The molecule has 5 rings (SSSR count). The first kappa shape index (κ1) is 34.0. The van der Waals surface area contributed by atoms with Gasteiger partial charge in [-0.1, -0.05) is 44.9 Å². The summed E-state index contributed by atoms with van der Waals surface area (Å²) in [5.41, 5.74) is 2.70. The average molecular weight is 649 g/mol. The molecule has 0 aromatic heterocycles. The molecule has 9 nitrogen and oxygen atoms in total. The fourth-order valence-electron chi connectivity index (χ4n) is 7.20. The van der Waals surface area contributed by atoms with Crippen molar-refractivity contribution in [3.8, 4) is 23.0 Å². The molecule has 3 aromatic carbocycles. The van der Waals surface area contributed by atoms with Crippen molar-refractivity contribution >= 4 is 17.6 Å². The molecule has 1 saturated heterocycles. The quantitative estimate of drug-likeness (QED) is 0.209. The zero-order valence-electron chi connectivity index (χ0n) is 27.8. The number of benzene rings is 3. The van der Waals surface area contributed by atoms with Gasteiger partial charge in [-0.15, -0.1) is 0 Å². The van der Waals surface area contributed by atoms with Crippen LogP contribution in [0.1, 0.15) is 62.1 Å². The van der Waals surface area contributed by atoms with Crippen LogP contribution >= 0.6 is 0 Å². The molecule has 0 aliphatic carbocycles. The van der Waals surface area contributed by atoms with Gasteiger partial charge in [-0.2, -0.15) is 0 Å². The minimum Gasteiger partial charge on any atom is -0.496 e. The standard InChI is InChI=1S/C37H45FN2O7/c1-6-10-26(11-7-2)40(27-14-15-29(38)23(3)16-27)34(41)21-39-20-28(25-18-32(45-5)36-33(19-25)46-22-47-36)35(37(42)43)30(39)17-24-12-8-9-13-31(24)44-4/h8-9,12-16,18-19,26,28,30,35H,6-7,10-11,17,20-22H2,1-5H3,(H,42,43). The van der Waals surface area contributed by atoms with Crippen LogP contribution < -0.4 is 23.8 Å². The SMILES string of the molecule is CCCC(CCC)N(C(=O)CN1CC(c2cc(OC)c3c(c2)OCO3)C(C(=O)O)C1Cc1ccccc1OC)c1ccc(F)c(C)c1. The molecule has 3 unspecified atom stereocenters. The van der Waals surface area contributed by atoms with Gasteiger partial charge in [-0.05, 0) is 79.3 Å². The van der Waals surface area contributed by atoms with Crippen molar-refractivity contribution in [3.63, 3.8) is 0 Å². The van der Waals surface area contributed by atoms with Crippen molar-refractivity contribution in [1.29, 1.82) is 0 Å². The third-order valence-electron chi connectivity index (χ3n) is 9.40. The maximum atomic E-state index is 14.5. The Morgan fingerprint density at radius 2 is 1.74 bits per heavy atom. The fourth-order valence-corrected chi connectivity index (χ4v) is 7.20. The number of carboxylic acids is 1. The summed E-state index contributed by atoms with van der Waals surface area (Å²) in [6.45, 7) is 6.23. The Morgan fingerprint density at radius 1 is 1.02 bits per heavy atom. The number of rotatable bonds is 14. The molecule has 2 aliphatic rings. The molecule has 10 heteroatoms. The summed E-state index contributed by atoms with van der Waals surface area (Å²) in [5.74, 6) is -0.663. The van der Waals surface area contributed by atoms with Crippen LogP contribution in [0.5, 0.6) is 23.0 Å². The van der Waals surface area contributed by atoms with E-state index in [1.54, 1.807) is 26.2 Å². The van der Waals surface area contributed by atoms with Gasteiger partial charge in [0.2, 0.25) is 18.4 Å². The summed E-state index contributed by atoms with van der Waals surface area (Å²) in [6, 6.07) is 15.4. The van der Waals surface area contributed by atoms with Crippen molar-refractivity contribution in [2.24, 2.45) is 5.92 Å². The molecule has 2 heterocycles. The van der Waals surface area contributed by atoms with E-state index in [1.165, 1.54) is 13.2 Å². The highest BCUT2D eigenvalue weighted by Crippen LogP contribution is 2.47. The van der Waals surface area contributed by atoms with Gasteiger partial charge >= 0.3 is 5.97 Å². The lowest BCUT2D eigenvalue weighted by Crippen LogP contribution is -2.48. The fraction of sp³-hybridized carbons (Fsp3) is 0.459. The van der Waals surface area contributed by atoms with Gasteiger partial charge < -0.3 is 29.0 Å². The van der Waals surface area contributed by atoms with Crippen molar-refractivity contribution in [1.82, 2.24) is 4.90 Å². The lowest BCUT2D eigenvalue weighted by Gasteiger charge is -2.35. The molecule has 0 saturated carbocycles. The number of ether oxygens (including phenoxy) is 4. The molecule has 47 heavy (non-hydrogen) atoms. The maximum Gasteiger partial charge on any atom is 0.308 e. The number of methoxy groups -OCH3 is 2. The molecule has 0 bridgehead atoms. The van der Waals surface area contributed by atoms with Crippen LogP contribution in [-0.2, 0) is 16.0 Å². The number of fused-ring (bicyclic) bond motifs is 1. The van der Waals surface area contributed by atoms with Crippen LogP contribution in [0.3, 0.4) is 0 Å². The van der Waals surface area contributed by atoms with Crippen LogP contribution in [0.25, 0.3) is 0 Å². The molecule has 252 valence electrons. The average Bonchev–Trinajstić information content (AvgIpc) is 3.68. The molecule has 0 spiro atoms. The lowest BCUT2D eigenvalue weighted by molar-refractivity contribution is -0.143. The summed E-state index contributed by atoms with van der Waals surface area (Å²) in [4.78, 5) is 31.5. The second-order valence-electron chi connectivity index (χ2n) is 12.4. The Hall–Kier alpha value is -4.31. The van der Waals surface area contributed by atoms with Gasteiger partial charge in [-0.3, -0.25) is 14.5 Å².